The monoisotopic (exact) mass is 418 g/mol. The Kier molecular flexibility index (Phi) is 10.5. The first-order chi connectivity index (χ1) is 14.6. The number of rotatable bonds is 12. The number of carbonyl (C=O) groups excluding carboxylic acids is 1. The molecule has 2 rings (SSSR count). The summed E-state index contributed by atoms with van der Waals surface area (Å²) in [5, 5.41) is 10.9. The van der Waals surface area contributed by atoms with E-state index < -0.39 is 6.10 Å². The highest BCUT2D eigenvalue weighted by molar-refractivity contribution is 5.88. The number of hydrogen-bond donors (Lipinski definition) is 1. The molecule has 0 amide bonds. The predicted octanol–water partition coefficient (Wildman–Crippen LogP) is 4.87. The number of benzene rings is 1. The summed E-state index contributed by atoms with van der Waals surface area (Å²) in [5.74, 6) is 0.816. The number of ether oxygens (including phenoxy) is 4. The van der Waals surface area contributed by atoms with Crippen LogP contribution in [0.15, 0.2) is 42.5 Å². The van der Waals surface area contributed by atoms with Gasteiger partial charge in [-0.1, -0.05) is 18.2 Å². The zero-order valence-electron chi connectivity index (χ0n) is 18.1. The quantitative estimate of drug-likeness (QED) is 0.297. The molecular weight excluding hydrogens is 384 g/mol. The molecule has 1 fully saturated rings. The van der Waals surface area contributed by atoms with Crippen LogP contribution in [-0.2, 0) is 14.3 Å². The van der Waals surface area contributed by atoms with E-state index in [0.29, 0.717) is 61.5 Å². The lowest BCUT2D eigenvalue weighted by Gasteiger charge is -2.26. The Balaban J connectivity index is 2.11. The van der Waals surface area contributed by atoms with Crippen LogP contribution in [0.5, 0.6) is 11.5 Å². The van der Waals surface area contributed by atoms with Crippen LogP contribution in [0.25, 0.3) is 0 Å². The van der Waals surface area contributed by atoms with Crippen molar-refractivity contribution < 1.29 is 28.8 Å². The van der Waals surface area contributed by atoms with E-state index in [1.165, 1.54) is 0 Å². The van der Waals surface area contributed by atoms with Crippen LogP contribution in [0, 0.1) is 0 Å². The lowest BCUT2D eigenvalue weighted by atomic mass is 10.0. The van der Waals surface area contributed by atoms with E-state index in [9.17, 15) is 9.90 Å². The van der Waals surface area contributed by atoms with Crippen LogP contribution in [0.1, 0.15) is 63.5 Å². The van der Waals surface area contributed by atoms with Crippen molar-refractivity contribution in [1.82, 2.24) is 0 Å². The van der Waals surface area contributed by atoms with Crippen LogP contribution in [0.2, 0.25) is 0 Å². The van der Waals surface area contributed by atoms with Gasteiger partial charge in [0.15, 0.2) is 6.29 Å². The number of hydrogen-bond acceptors (Lipinski definition) is 6. The molecule has 0 radical (unpaired) electrons. The van der Waals surface area contributed by atoms with E-state index in [1.54, 1.807) is 26.2 Å². The summed E-state index contributed by atoms with van der Waals surface area (Å²) in [6.07, 6.45) is 7.60. The fourth-order valence-electron chi connectivity index (χ4n) is 3.41. The van der Waals surface area contributed by atoms with Crippen LogP contribution < -0.4 is 9.47 Å². The topological polar surface area (TPSA) is 74.2 Å². The maximum atomic E-state index is 12.1. The molecule has 30 heavy (non-hydrogen) atoms. The smallest absolute Gasteiger partial charge is 0.333 e. The average Bonchev–Trinajstić information content (AvgIpc) is 2.76. The molecule has 0 aromatic heterocycles. The normalized spacial score (nSPS) is 17.8. The summed E-state index contributed by atoms with van der Waals surface area (Å²) in [5.41, 5.74) is 1.21. The van der Waals surface area contributed by atoms with E-state index in [4.69, 9.17) is 18.9 Å². The van der Waals surface area contributed by atoms with Gasteiger partial charge in [0.05, 0.1) is 32.0 Å². The summed E-state index contributed by atoms with van der Waals surface area (Å²) in [6, 6.07) is 5.46. The highest BCUT2D eigenvalue weighted by Gasteiger charge is 2.23. The standard InChI is InChI=1S/C24H34O6/c1-4-6-11-18(24(26)28-5-2)12-9-13-19(25)23-20(27-3)14-10-15-21(23)30-22-16-7-8-17-29-22/h4,10,12,14-15,19,22,25H,1,5-9,11,13,16-17H2,2-3H3/b18-12+. The van der Waals surface area contributed by atoms with Crippen LogP contribution >= 0.6 is 0 Å². The maximum Gasteiger partial charge on any atom is 0.333 e. The number of carbonyl (C=O) groups is 1. The van der Waals surface area contributed by atoms with Crippen LogP contribution in [0.3, 0.4) is 0 Å². The summed E-state index contributed by atoms with van der Waals surface area (Å²) in [7, 11) is 1.57. The van der Waals surface area contributed by atoms with Gasteiger partial charge in [0.2, 0.25) is 0 Å². The first-order valence-electron chi connectivity index (χ1n) is 10.7. The van der Waals surface area contributed by atoms with E-state index in [0.717, 1.165) is 19.3 Å². The summed E-state index contributed by atoms with van der Waals surface area (Å²) in [6.45, 7) is 6.50. The molecule has 1 aliphatic rings. The molecular formula is C24H34O6. The van der Waals surface area contributed by atoms with Crippen molar-refractivity contribution in [2.45, 2.75) is 64.3 Å². The van der Waals surface area contributed by atoms with Crippen molar-refractivity contribution in [3.05, 3.63) is 48.1 Å². The number of aliphatic hydroxyl groups excluding tert-OH is 1. The molecule has 2 unspecified atom stereocenters. The van der Waals surface area contributed by atoms with Crippen molar-refractivity contribution in [2.75, 3.05) is 20.3 Å². The Morgan fingerprint density at radius 2 is 2.13 bits per heavy atom. The first-order valence-corrected chi connectivity index (χ1v) is 10.7. The Labute approximate surface area is 179 Å². The summed E-state index contributed by atoms with van der Waals surface area (Å²) < 4.78 is 22.3. The Morgan fingerprint density at radius 1 is 1.33 bits per heavy atom. The van der Waals surface area contributed by atoms with Crippen molar-refractivity contribution in [1.29, 1.82) is 0 Å². The highest BCUT2D eigenvalue weighted by Crippen LogP contribution is 2.37. The molecule has 1 heterocycles. The molecule has 6 heteroatoms. The minimum absolute atomic E-state index is 0.314. The molecule has 1 aliphatic heterocycles. The average molecular weight is 419 g/mol. The fourth-order valence-corrected chi connectivity index (χ4v) is 3.41. The number of esters is 1. The Bertz CT molecular complexity index is 706. The lowest BCUT2D eigenvalue weighted by Crippen LogP contribution is -2.25. The molecule has 0 saturated carbocycles. The molecule has 0 spiro atoms. The van der Waals surface area contributed by atoms with E-state index >= 15 is 0 Å². The number of allylic oxidation sites excluding steroid dienone is 2. The van der Waals surface area contributed by atoms with Gasteiger partial charge >= 0.3 is 5.97 Å². The molecule has 166 valence electrons. The van der Waals surface area contributed by atoms with Gasteiger partial charge in [0.1, 0.15) is 11.5 Å². The lowest BCUT2D eigenvalue weighted by molar-refractivity contribution is -0.138. The van der Waals surface area contributed by atoms with Gasteiger partial charge in [-0.3, -0.25) is 0 Å². The van der Waals surface area contributed by atoms with Crippen LogP contribution in [-0.4, -0.2) is 37.7 Å². The maximum absolute atomic E-state index is 12.1. The van der Waals surface area contributed by atoms with E-state index in [1.807, 2.05) is 18.2 Å². The molecule has 1 N–H and O–H groups in total. The molecule has 0 bridgehead atoms. The van der Waals surface area contributed by atoms with Gasteiger partial charge in [-0.2, -0.15) is 0 Å². The van der Waals surface area contributed by atoms with Crippen molar-refractivity contribution in [3.63, 3.8) is 0 Å². The van der Waals surface area contributed by atoms with Gasteiger partial charge in [0.25, 0.3) is 0 Å². The molecule has 0 aliphatic carbocycles. The number of aliphatic hydroxyl groups is 1. The van der Waals surface area contributed by atoms with Crippen molar-refractivity contribution >= 4 is 5.97 Å². The second-order valence-corrected chi connectivity index (χ2v) is 7.16. The Hall–Kier alpha value is -2.31. The molecule has 1 aromatic rings. The minimum Gasteiger partial charge on any atom is -0.496 e. The summed E-state index contributed by atoms with van der Waals surface area (Å²) in [4.78, 5) is 12.1. The first kappa shape index (κ1) is 24.0. The summed E-state index contributed by atoms with van der Waals surface area (Å²) >= 11 is 0. The fraction of sp³-hybridized carbons (Fsp3) is 0.542. The van der Waals surface area contributed by atoms with E-state index in [2.05, 4.69) is 6.58 Å². The van der Waals surface area contributed by atoms with Gasteiger partial charge in [-0.25, -0.2) is 4.79 Å². The SMILES string of the molecule is C=CCC/C(=C\CCC(O)c1c(OC)cccc1OC1CCCCO1)C(=O)OCC. The van der Waals surface area contributed by atoms with Crippen LogP contribution in [0.4, 0.5) is 0 Å². The second-order valence-electron chi connectivity index (χ2n) is 7.16. The van der Waals surface area contributed by atoms with Gasteiger partial charge in [-0.15, -0.1) is 6.58 Å². The largest absolute Gasteiger partial charge is 0.496 e. The van der Waals surface area contributed by atoms with E-state index in [-0.39, 0.29) is 12.3 Å². The minimum atomic E-state index is -0.807. The Morgan fingerprint density at radius 3 is 2.80 bits per heavy atom. The van der Waals surface area contributed by atoms with Gasteiger partial charge < -0.3 is 24.1 Å². The predicted molar refractivity (Wildman–Crippen MR) is 116 cm³/mol. The molecule has 6 nitrogen and oxygen atoms in total. The van der Waals surface area contributed by atoms with Gasteiger partial charge in [0, 0.05) is 12.0 Å². The molecule has 1 aromatic carbocycles. The third kappa shape index (κ3) is 7.18. The second kappa shape index (κ2) is 13.1. The third-order valence-corrected chi connectivity index (χ3v) is 4.96. The third-order valence-electron chi connectivity index (χ3n) is 4.96. The highest BCUT2D eigenvalue weighted by atomic mass is 16.7. The van der Waals surface area contributed by atoms with Crippen molar-refractivity contribution in [2.24, 2.45) is 0 Å². The zero-order chi connectivity index (χ0) is 21.8. The molecule has 2 atom stereocenters. The molecule has 1 saturated heterocycles. The van der Waals surface area contributed by atoms with Crippen molar-refractivity contribution in [3.8, 4) is 11.5 Å². The zero-order valence-corrected chi connectivity index (χ0v) is 18.1. The van der Waals surface area contributed by atoms with Gasteiger partial charge in [-0.05, 0) is 57.6 Å². The number of methoxy groups -OCH3 is 1.